The molecular formula is C13H24O. The van der Waals surface area contributed by atoms with Crippen LogP contribution in [0.25, 0.3) is 0 Å². The summed E-state index contributed by atoms with van der Waals surface area (Å²) >= 11 is 0. The van der Waals surface area contributed by atoms with Crippen molar-refractivity contribution in [2.45, 2.75) is 58.5 Å². The molecule has 14 heavy (non-hydrogen) atoms. The van der Waals surface area contributed by atoms with Gasteiger partial charge in [0, 0.05) is 0 Å². The van der Waals surface area contributed by atoms with E-state index in [1.807, 2.05) is 6.92 Å². The van der Waals surface area contributed by atoms with Gasteiger partial charge in [0.1, 0.15) is 0 Å². The van der Waals surface area contributed by atoms with Crippen LogP contribution in [0.15, 0.2) is 0 Å². The summed E-state index contributed by atoms with van der Waals surface area (Å²) in [7, 11) is 0. The summed E-state index contributed by atoms with van der Waals surface area (Å²) in [5, 5.41) is 10.3. The van der Waals surface area contributed by atoms with Crippen LogP contribution in [0.4, 0.5) is 0 Å². The maximum absolute atomic E-state index is 10.3. The summed E-state index contributed by atoms with van der Waals surface area (Å²) in [5.41, 5.74) is -0.435. The zero-order valence-electron chi connectivity index (χ0n) is 9.79. The minimum absolute atomic E-state index is 0.390. The Morgan fingerprint density at radius 3 is 2.43 bits per heavy atom. The maximum atomic E-state index is 10.3. The van der Waals surface area contributed by atoms with Crippen molar-refractivity contribution in [1.29, 1.82) is 0 Å². The van der Waals surface area contributed by atoms with E-state index in [9.17, 15) is 5.11 Å². The molecule has 2 bridgehead atoms. The zero-order chi connectivity index (χ0) is 10.3. The zero-order valence-corrected chi connectivity index (χ0v) is 9.79. The number of aliphatic hydroxyl groups is 1. The Morgan fingerprint density at radius 2 is 2.00 bits per heavy atom. The molecule has 1 N–H and O–H groups in total. The quantitative estimate of drug-likeness (QED) is 0.735. The first-order valence-corrected chi connectivity index (χ1v) is 6.21. The van der Waals surface area contributed by atoms with E-state index in [4.69, 9.17) is 0 Å². The van der Waals surface area contributed by atoms with Crippen molar-refractivity contribution in [1.82, 2.24) is 0 Å². The maximum Gasteiger partial charge on any atom is 0.0645 e. The van der Waals surface area contributed by atoms with Crippen LogP contribution in [-0.2, 0) is 0 Å². The van der Waals surface area contributed by atoms with Gasteiger partial charge in [-0.2, -0.15) is 0 Å². The average molecular weight is 196 g/mol. The third kappa shape index (κ3) is 1.84. The van der Waals surface area contributed by atoms with Gasteiger partial charge in [-0.3, -0.25) is 0 Å². The standard InChI is InChI=1S/C13H24O/c1-9(2)13(3,14)8-12-7-10-4-5-11(12)6-10/h9-12,14H,4-8H2,1-3H3. The molecule has 0 saturated heterocycles. The van der Waals surface area contributed by atoms with Crippen LogP contribution < -0.4 is 0 Å². The fourth-order valence-electron chi connectivity index (χ4n) is 3.39. The molecule has 0 aliphatic heterocycles. The molecule has 0 aromatic rings. The Bertz CT molecular complexity index is 207. The molecule has 2 saturated carbocycles. The summed E-state index contributed by atoms with van der Waals surface area (Å²) in [6, 6.07) is 0. The second-order valence-corrected chi connectivity index (χ2v) is 6.15. The van der Waals surface area contributed by atoms with Crippen LogP contribution in [0.2, 0.25) is 0 Å². The molecule has 0 spiro atoms. The predicted octanol–water partition coefficient (Wildman–Crippen LogP) is 3.22. The Morgan fingerprint density at radius 1 is 1.29 bits per heavy atom. The summed E-state index contributed by atoms with van der Waals surface area (Å²) in [6.45, 7) is 6.28. The topological polar surface area (TPSA) is 20.2 Å². The van der Waals surface area contributed by atoms with Crippen LogP contribution in [0, 0.1) is 23.7 Å². The average Bonchev–Trinajstić information content (AvgIpc) is 2.63. The molecule has 1 nitrogen and oxygen atoms in total. The Kier molecular flexibility index (Phi) is 2.63. The highest BCUT2D eigenvalue weighted by atomic mass is 16.3. The second-order valence-electron chi connectivity index (χ2n) is 6.15. The first-order chi connectivity index (χ1) is 6.49. The van der Waals surface area contributed by atoms with Crippen molar-refractivity contribution in [3.8, 4) is 0 Å². The van der Waals surface area contributed by atoms with Crippen molar-refractivity contribution < 1.29 is 5.11 Å². The summed E-state index contributed by atoms with van der Waals surface area (Å²) in [5.74, 6) is 3.17. The molecule has 0 amide bonds. The van der Waals surface area contributed by atoms with Gasteiger partial charge in [0.25, 0.3) is 0 Å². The lowest BCUT2D eigenvalue weighted by atomic mass is 9.77. The number of hydrogen-bond acceptors (Lipinski definition) is 1. The normalized spacial score (nSPS) is 40.5. The van der Waals surface area contributed by atoms with E-state index in [1.165, 1.54) is 25.7 Å². The van der Waals surface area contributed by atoms with Gasteiger partial charge in [0.05, 0.1) is 5.60 Å². The van der Waals surface area contributed by atoms with E-state index >= 15 is 0 Å². The van der Waals surface area contributed by atoms with E-state index in [0.29, 0.717) is 5.92 Å². The van der Waals surface area contributed by atoms with Crippen LogP contribution in [0.3, 0.4) is 0 Å². The molecular weight excluding hydrogens is 172 g/mol. The van der Waals surface area contributed by atoms with Gasteiger partial charge in [-0.25, -0.2) is 0 Å². The molecule has 0 radical (unpaired) electrons. The molecule has 82 valence electrons. The molecule has 4 atom stereocenters. The fraction of sp³-hybridized carbons (Fsp3) is 1.00. The van der Waals surface area contributed by atoms with Crippen molar-refractivity contribution in [3.63, 3.8) is 0 Å². The van der Waals surface area contributed by atoms with Crippen LogP contribution in [0.5, 0.6) is 0 Å². The van der Waals surface area contributed by atoms with Crippen LogP contribution in [0.1, 0.15) is 52.9 Å². The van der Waals surface area contributed by atoms with E-state index in [1.54, 1.807) is 0 Å². The summed E-state index contributed by atoms with van der Waals surface area (Å²) in [6.07, 6.45) is 6.78. The molecule has 2 rings (SSSR count). The minimum atomic E-state index is -0.435. The van der Waals surface area contributed by atoms with E-state index in [2.05, 4.69) is 13.8 Å². The monoisotopic (exact) mass is 196 g/mol. The lowest BCUT2D eigenvalue weighted by molar-refractivity contribution is -0.0163. The van der Waals surface area contributed by atoms with Gasteiger partial charge in [0.2, 0.25) is 0 Å². The Hall–Kier alpha value is -0.0400. The highest BCUT2D eigenvalue weighted by Crippen LogP contribution is 2.51. The van der Waals surface area contributed by atoms with Crippen molar-refractivity contribution >= 4 is 0 Å². The molecule has 0 aromatic carbocycles. The largest absolute Gasteiger partial charge is 0.390 e. The molecule has 4 unspecified atom stereocenters. The third-order valence-electron chi connectivity index (χ3n) is 4.80. The van der Waals surface area contributed by atoms with Crippen molar-refractivity contribution in [2.24, 2.45) is 23.7 Å². The minimum Gasteiger partial charge on any atom is -0.390 e. The van der Waals surface area contributed by atoms with Gasteiger partial charge >= 0.3 is 0 Å². The molecule has 2 aliphatic rings. The van der Waals surface area contributed by atoms with E-state index in [-0.39, 0.29) is 0 Å². The Balaban J connectivity index is 1.92. The molecule has 2 fully saturated rings. The van der Waals surface area contributed by atoms with Crippen molar-refractivity contribution in [2.75, 3.05) is 0 Å². The molecule has 0 heterocycles. The lowest BCUT2D eigenvalue weighted by Crippen LogP contribution is -2.34. The van der Waals surface area contributed by atoms with Gasteiger partial charge in [-0.05, 0) is 56.3 Å². The third-order valence-corrected chi connectivity index (χ3v) is 4.80. The smallest absolute Gasteiger partial charge is 0.0645 e. The highest BCUT2D eigenvalue weighted by molar-refractivity contribution is 4.93. The first-order valence-electron chi connectivity index (χ1n) is 6.21. The lowest BCUT2D eigenvalue weighted by Gasteiger charge is -2.33. The number of rotatable bonds is 3. The van der Waals surface area contributed by atoms with Gasteiger partial charge in [0.15, 0.2) is 0 Å². The Labute approximate surface area is 87.9 Å². The van der Waals surface area contributed by atoms with E-state index < -0.39 is 5.60 Å². The highest BCUT2D eigenvalue weighted by Gasteiger charge is 2.42. The molecule has 2 aliphatic carbocycles. The fourth-order valence-corrected chi connectivity index (χ4v) is 3.39. The summed E-state index contributed by atoms with van der Waals surface area (Å²) in [4.78, 5) is 0. The van der Waals surface area contributed by atoms with Crippen molar-refractivity contribution in [3.05, 3.63) is 0 Å². The van der Waals surface area contributed by atoms with Crippen LogP contribution >= 0.6 is 0 Å². The molecule has 1 heteroatoms. The predicted molar refractivity (Wildman–Crippen MR) is 59.0 cm³/mol. The van der Waals surface area contributed by atoms with Gasteiger partial charge in [-0.15, -0.1) is 0 Å². The summed E-state index contributed by atoms with van der Waals surface area (Å²) < 4.78 is 0. The van der Waals surface area contributed by atoms with Gasteiger partial charge in [-0.1, -0.05) is 20.3 Å². The number of fused-ring (bicyclic) bond motifs is 2. The van der Waals surface area contributed by atoms with E-state index in [0.717, 1.165) is 24.2 Å². The molecule has 0 aromatic heterocycles. The second kappa shape index (κ2) is 3.52. The number of hydrogen-bond donors (Lipinski definition) is 1. The van der Waals surface area contributed by atoms with Crippen LogP contribution in [-0.4, -0.2) is 10.7 Å². The first kappa shape index (κ1) is 10.5. The van der Waals surface area contributed by atoms with Gasteiger partial charge < -0.3 is 5.11 Å². The SMILES string of the molecule is CC(C)C(C)(O)CC1CC2CCC1C2.